The van der Waals surface area contributed by atoms with Crippen LogP contribution < -0.4 is 16.2 Å². The molecule has 0 saturated heterocycles. The maximum absolute atomic E-state index is 12.7. The summed E-state index contributed by atoms with van der Waals surface area (Å²) in [4.78, 5) is 0. The minimum absolute atomic E-state index is 0.231. The van der Waals surface area contributed by atoms with E-state index in [1.807, 2.05) is 11.9 Å². The molecule has 1 aromatic rings. The van der Waals surface area contributed by atoms with Crippen LogP contribution in [-0.4, -0.2) is 6.54 Å². The molecule has 0 spiro atoms. The van der Waals surface area contributed by atoms with Crippen molar-refractivity contribution in [2.75, 3.05) is 11.6 Å². The summed E-state index contributed by atoms with van der Waals surface area (Å²) in [6.07, 6.45) is 0. The van der Waals surface area contributed by atoms with Crippen molar-refractivity contribution in [1.29, 1.82) is 0 Å². The fourth-order valence-electron chi connectivity index (χ4n) is 1.38. The molecule has 3 N–H and O–H groups in total. The number of anilines is 1. The number of nitrogens with one attached hydrogen (secondary N) is 1. The van der Waals surface area contributed by atoms with Crippen LogP contribution in [0.4, 0.5) is 10.1 Å². The van der Waals surface area contributed by atoms with Crippen LogP contribution >= 0.6 is 0 Å². The number of nitrogens with zero attached hydrogens (tertiary/aromatic N) is 1. The van der Waals surface area contributed by atoms with Crippen molar-refractivity contribution in [3.8, 4) is 0 Å². The monoisotopic (exact) mass is 193 g/mol. The minimum atomic E-state index is -0.231. The highest BCUT2D eigenvalue weighted by atomic mass is 19.1. The van der Waals surface area contributed by atoms with Crippen LogP contribution in [-0.2, 0) is 0 Å². The van der Waals surface area contributed by atoms with Crippen LogP contribution in [0, 0.1) is 5.82 Å². The normalized spacial score (nSPS) is 16.0. The summed E-state index contributed by atoms with van der Waals surface area (Å²) in [6, 6.07) is 6.30. The molecule has 0 radical (unpaired) electrons. The molecule has 1 aromatic carbocycles. The largest absolute Gasteiger partial charge is 0.384 e. The number of benzene rings is 1. The van der Waals surface area contributed by atoms with E-state index in [4.69, 9.17) is 5.73 Å². The van der Waals surface area contributed by atoms with Crippen molar-refractivity contribution in [2.24, 2.45) is 5.73 Å². The van der Waals surface area contributed by atoms with E-state index in [2.05, 4.69) is 5.43 Å². The smallest absolute Gasteiger partial charge is 0.123 e. The molecule has 14 heavy (non-hydrogen) atoms. The molecule has 2 rings (SSSR count). The fraction of sp³-hybridized carbons (Fsp3) is 0.200. The van der Waals surface area contributed by atoms with Gasteiger partial charge < -0.3 is 5.73 Å². The number of hydrogen-bond acceptors (Lipinski definition) is 3. The Balaban J connectivity index is 2.16. The summed E-state index contributed by atoms with van der Waals surface area (Å²) in [5.74, 6) is 0.444. The van der Waals surface area contributed by atoms with Crippen LogP contribution in [0.5, 0.6) is 0 Å². The standard InChI is InChI=1S/C10H12FN3/c1-7-6-14(13-10(7)12)9-4-2-8(11)3-5-9/h2-5,13H,6,12H2,1H3. The molecule has 3 nitrogen and oxygen atoms in total. The minimum Gasteiger partial charge on any atom is -0.384 e. The second-order valence-corrected chi connectivity index (χ2v) is 3.37. The van der Waals surface area contributed by atoms with Gasteiger partial charge in [0.1, 0.15) is 11.6 Å². The lowest BCUT2D eigenvalue weighted by Crippen LogP contribution is -2.33. The number of nitrogens with two attached hydrogens (primary N) is 1. The summed E-state index contributed by atoms with van der Waals surface area (Å²) < 4.78 is 12.7. The van der Waals surface area contributed by atoms with Gasteiger partial charge in [0.2, 0.25) is 0 Å². The molecule has 0 fully saturated rings. The maximum Gasteiger partial charge on any atom is 0.123 e. The quantitative estimate of drug-likeness (QED) is 0.707. The summed E-state index contributed by atoms with van der Waals surface area (Å²) in [5.41, 5.74) is 10.7. The van der Waals surface area contributed by atoms with Crippen LogP contribution in [0.1, 0.15) is 6.92 Å². The first-order valence-corrected chi connectivity index (χ1v) is 4.42. The first-order valence-electron chi connectivity index (χ1n) is 4.42. The van der Waals surface area contributed by atoms with Crippen molar-refractivity contribution in [2.45, 2.75) is 6.92 Å². The van der Waals surface area contributed by atoms with Gasteiger partial charge >= 0.3 is 0 Å². The Kier molecular flexibility index (Phi) is 2.04. The molecule has 0 amide bonds. The van der Waals surface area contributed by atoms with Gasteiger partial charge in [0.15, 0.2) is 0 Å². The van der Waals surface area contributed by atoms with Gasteiger partial charge in [0.05, 0.1) is 12.2 Å². The van der Waals surface area contributed by atoms with E-state index < -0.39 is 0 Å². The van der Waals surface area contributed by atoms with E-state index in [9.17, 15) is 4.39 Å². The fourth-order valence-corrected chi connectivity index (χ4v) is 1.38. The Labute approximate surface area is 82.0 Å². The first kappa shape index (κ1) is 8.87. The van der Waals surface area contributed by atoms with Crippen molar-refractivity contribution in [3.63, 3.8) is 0 Å². The highest BCUT2D eigenvalue weighted by Crippen LogP contribution is 2.18. The van der Waals surface area contributed by atoms with Gasteiger partial charge in [-0.15, -0.1) is 0 Å². The lowest BCUT2D eigenvalue weighted by molar-refractivity contribution is 0.627. The molecule has 0 aliphatic carbocycles. The van der Waals surface area contributed by atoms with Gasteiger partial charge in [-0.3, -0.25) is 10.4 Å². The van der Waals surface area contributed by atoms with Crippen LogP contribution in [0.3, 0.4) is 0 Å². The van der Waals surface area contributed by atoms with Gasteiger partial charge in [-0.05, 0) is 36.8 Å². The summed E-state index contributed by atoms with van der Waals surface area (Å²) >= 11 is 0. The number of halogens is 1. The number of rotatable bonds is 1. The molecule has 74 valence electrons. The molecule has 4 heteroatoms. The van der Waals surface area contributed by atoms with E-state index in [1.54, 1.807) is 12.1 Å². The third kappa shape index (κ3) is 1.51. The summed E-state index contributed by atoms with van der Waals surface area (Å²) in [5, 5.41) is 1.88. The second kappa shape index (κ2) is 3.21. The topological polar surface area (TPSA) is 41.3 Å². The van der Waals surface area contributed by atoms with Gasteiger partial charge in [-0.1, -0.05) is 0 Å². The Morgan fingerprint density at radius 1 is 1.36 bits per heavy atom. The SMILES string of the molecule is CC1=C(N)NN(c2ccc(F)cc2)C1. The number of hydrazine groups is 1. The molecular weight excluding hydrogens is 181 g/mol. The second-order valence-electron chi connectivity index (χ2n) is 3.37. The average molecular weight is 193 g/mol. The maximum atomic E-state index is 12.7. The Bertz CT molecular complexity index is 355. The van der Waals surface area contributed by atoms with E-state index in [-0.39, 0.29) is 5.82 Å². The van der Waals surface area contributed by atoms with Crippen molar-refractivity contribution in [1.82, 2.24) is 5.43 Å². The molecule has 1 aliphatic heterocycles. The molecule has 0 aromatic heterocycles. The zero-order valence-electron chi connectivity index (χ0n) is 7.92. The van der Waals surface area contributed by atoms with Gasteiger partial charge in [-0.25, -0.2) is 4.39 Å². The molecular formula is C10H12FN3. The molecule has 0 atom stereocenters. The predicted molar refractivity (Wildman–Crippen MR) is 53.8 cm³/mol. The van der Waals surface area contributed by atoms with E-state index in [0.29, 0.717) is 5.82 Å². The molecule has 0 unspecified atom stereocenters. The zero-order valence-corrected chi connectivity index (χ0v) is 7.92. The molecule has 0 saturated carbocycles. The highest BCUT2D eigenvalue weighted by molar-refractivity contribution is 5.49. The Morgan fingerprint density at radius 2 is 2.00 bits per heavy atom. The Morgan fingerprint density at radius 3 is 2.50 bits per heavy atom. The van der Waals surface area contributed by atoms with E-state index >= 15 is 0 Å². The van der Waals surface area contributed by atoms with Crippen LogP contribution in [0.2, 0.25) is 0 Å². The highest BCUT2D eigenvalue weighted by Gasteiger charge is 2.16. The van der Waals surface area contributed by atoms with Gasteiger partial charge in [-0.2, -0.15) is 0 Å². The van der Waals surface area contributed by atoms with Crippen molar-refractivity contribution >= 4 is 5.69 Å². The zero-order chi connectivity index (χ0) is 10.1. The van der Waals surface area contributed by atoms with E-state index in [0.717, 1.165) is 17.8 Å². The van der Waals surface area contributed by atoms with Crippen molar-refractivity contribution < 1.29 is 4.39 Å². The van der Waals surface area contributed by atoms with Crippen LogP contribution in [0.15, 0.2) is 35.7 Å². The third-order valence-electron chi connectivity index (χ3n) is 2.25. The average Bonchev–Trinajstić information content (AvgIpc) is 2.48. The van der Waals surface area contributed by atoms with Gasteiger partial charge in [0, 0.05) is 0 Å². The number of hydrogen-bond donors (Lipinski definition) is 2. The summed E-state index contributed by atoms with van der Waals surface area (Å²) in [6.45, 7) is 2.70. The third-order valence-corrected chi connectivity index (χ3v) is 2.25. The van der Waals surface area contributed by atoms with Gasteiger partial charge in [0.25, 0.3) is 0 Å². The Hall–Kier alpha value is -1.71. The summed E-state index contributed by atoms with van der Waals surface area (Å²) in [7, 11) is 0. The first-order chi connectivity index (χ1) is 6.66. The predicted octanol–water partition coefficient (Wildman–Crippen LogP) is 1.34. The lowest BCUT2D eigenvalue weighted by atomic mass is 10.3. The van der Waals surface area contributed by atoms with E-state index in [1.165, 1.54) is 12.1 Å². The molecule has 0 bridgehead atoms. The van der Waals surface area contributed by atoms with Crippen LogP contribution in [0.25, 0.3) is 0 Å². The molecule has 1 aliphatic rings. The lowest BCUT2D eigenvalue weighted by Gasteiger charge is -2.19. The molecule has 1 heterocycles. The van der Waals surface area contributed by atoms with Crippen molar-refractivity contribution in [3.05, 3.63) is 41.5 Å².